The van der Waals surface area contributed by atoms with Crippen LogP contribution in [0.3, 0.4) is 0 Å². The summed E-state index contributed by atoms with van der Waals surface area (Å²) < 4.78 is 38.9. The van der Waals surface area contributed by atoms with Crippen LogP contribution >= 0.6 is 23.2 Å². The van der Waals surface area contributed by atoms with Gasteiger partial charge in [0.05, 0.1) is 27.4 Å². The third-order valence-corrected chi connectivity index (χ3v) is 4.56. The highest BCUT2D eigenvalue weighted by molar-refractivity contribution is 6.41. The molecule has 0 atom stereocenters. The quantitative estimate of drug-likeness (QED) is 0.371. The molecule has 0 aliphatic rings. The van der Waals surface area contributed by atoms with Crippen LogP contribution in [0.1, 0.15) is 37.5 Å². The summed E-state index contributed by atoms with van der Waals surface area (Å²) in [6.45, 7) is 1.51. The minimum Gasteiger partial charge on any atom is -0.352 e. The number of pyridine rings is 1. The highest BCUT2D eigenvalue weighted by atomic mass is 35.5. The van der Waals surface area contributed by atoms with Crippen molar-refractivity contribution in [3.05, 3.63) is 62.5 Å². The lowest BCUT2D eigenvalue weighted by atomic mass is 10.1. The van der Waals surface area contributed by atoms with Crippen LogP contribution in [0, 0.1) is 6.92 Å². The second-order valence-electron chi connectivity index (χ2n) is 5.58. The molecular formula is C17H9Cl2F3N2O2. The number of hydrogen-bond donors (Lipinski definition) is 1. The Hall–Kier alpha value is -2.38. The fourth-order valence-electron chi connectivity index (χ4n) is 2.60. The highest BCUT2D eigenvalue weighted by Gasteiger charge is 2.31. The number of aldehydes is 1. The SMILES string of the molecule is Cc1cc(C(F)(F)F)cc2[nH]c(C(=O)c3c(Cl)ncc(C=O)c3Cl)cc12. The minimum absolute atomic E-state index is 0.0175. The molecule has 4 nitrogen and oxygen atoms in total. The predicted molar refractivity (Wildman–Crippen MR) is 91.1 cm³/mol. The molecule has 9 heteroatoms. The maximum atomic E-state index is 13.0. The highest BCUT2D eigenvalue weighted by Crippen LogP contribution is 2.34. The number of benzene rings is 1. The second-order valence-corrected chi connectivity index (χ2v) is 6.31. The Morgan fingerprint density at radius 2 is 1.92 bits per heavy atom. The van der Waals surface area contributed by atoms with Crippen molar-refractivity contribution in [1.82, 2.24) is 9.97 Å². The van der Waals surface area contributed by atoms with E-state index in [0.717, 1.165) is 18.3 Å². The number of carbonyl (C=O) groups is 2. The van der Waals surface area contributed by atoms with Gasteiger partial charge in [-0.3, -0.25) is 9.59 Å². The summed E-state index contributed by atoms with van der Waals surface area (Å²) in [5.74, 6) is -0.680. The van der Waals surface area contributed by atoms with Gasteiger partial charge in [0.1, 0.15) is 5.15 Å². The summed E-state index contributed by atoms with van der Waals surface area (Å²) in [6.07, 6.45) is -2.96. The molecule has 26 heavy (non-hydrogen) atoms. The monoisotopic (exact) mass is 400 g/mol. The van der Waals surface area contributed by atoms with Crippen molar-refractivity contribution >= 4 is 46.2 Å². The summed E-state index contributed by atoms with van der Waals surface area (Å²) >= 11 is 12.0. The van der Waals surface area contributed by atoms with Crippen molar-refractivity contribution in [1.29, 1.82) is 0 Å². The van der Waals surface area contributed by atoms with Crippen molar-refractivity contribution in [2.45, 2.75) is 13.1 Å². The number of ketones is 1. The Bertz CT molecular complexity index is 1060. The van der Waals surface area contributed by atoms with E-state index in [0.29, 0.717) is 17.2 Å². The molecule has 0 unspecified atom stereocenters. The standard InChI is InChI=1S/C17H9Cl2F3N2O2/c1-7-2-9(17(20,21)22)3-11-10(7)4-12(24-11)15(26)13-14(18)8(6-25)5-23-16(13)19/h2-6,24H,1H3. The molecule has 0 bridgehead atoms. The van der Waals surface area contributed by atoms with Gasteiger partial charge >= 0.3 is 6.18 Å². The number of fused-ring (bicyclic) bond motifs is 1. The van der Waals surface area contributed by atoms with E-state index in [2.05, 4.69) is 9.97 Å². The van der Waals surface area contributed by atoms with Gasteiger partial charge in [0.25, 0.3) is 0 Å². The van der Waals surface area contributed by atoms with Gasteiger partial charge in [-0.25, -0.2) is 4.98 Å². The zero-order chi connectivity index (χ0) is 19.2. The summed E-state index contributed by atoms with van der Waals surface area (Å²) in [5.41, 5.74) is -0.570. The molecule has 1 aromatic carbocycles. The van der Waals surface area contributed by atoms with Crippen LogP contribution < -0.4 is 0 Å². The number of nitrogens with one attached hydrogen (secondary N) is 1. The third-order valence-electron chi connectivity index (χ3n) is 3.87. The molecule has 0 aliphatic carbocycles. The maximum Gasteiger partial charge on any atom is 0.416 e. The number of halogens is 5. The fraction of sp³-hybridized carbons (Fsp3) is 0.118. The molecule has 3 aromatic rings. The fourth-order valence-corrected chi connectivity index (χ4v) is 3.14. The van der Waals surface area contributed by atoms with E-state index in [-0.39, 0.29) is 32.5 Å². The number of rotatable bonds is 3. The van der Waals surface area contributed by atoms with E-state index in [4.69, 9.17) is 23.2 Å². The second kappa shape index (κ2) is 6.41. The molecule has 0 fully saturated rings. The first-order valence-electron chi connectivity index (χ1n) is 7.18. The zero-order valence-corrected chi connectivity index (χ0v) is 14.6. The number of aryl methyl sites for hydroxylation is 1. The Balaban J connectivity index is 2.17. The number of H-pyrrole nitrogens is 1. The number of aromatic amines is 1. The number of carbonyl (C=O) groups excluding carboxylic acids is 2. The largest absolute Gasteiger partial charge is 0.416 e. The summed E-state index contributed by atoms with van der Waals surface area (Å²) in [5, 5.41) is 0.0708. The number of aromatic nitrogens is 2. The zero-order valence-electron chi connectivity index (χ0n) is 13.0. The van der Waals surface area contributed by atoms with Crippen LogP contribution in [0.4, 0.5) is 13.2 Å². The summed E-state index contributed by atoms with van der Waals surface area (Å²) in [7, 11) is 0. The minimum atomic E-state index is -4.51. The molecule has 2 heterocycles. The molecule has 0 aliphatic heterocycles. The molecule has 1 N–H and O–H groups in total. The average Bonchev–Trinajstić information content (AvgIpc) is 2.99. The predicted octanol–water partition coefficient (Wildman–Crippen LogP) is 5.24. The van der Waals surface area contributed by atoms with Crippen LogP contribution in [0.5, 0.6) is 0 Å². The molecule has 0 saturated heterocycles. The van der Waals surface area contributed by atoms with Crippen molar-refractivity contribution in [3.63, 3.8) is 0 Å². The van der Waals surface area contributed by atoms with Crippen molar-refractivity contribution in [3.8, 4) is 0 Å². The number of hydrogen-bond acceptors (Lipinski definition) is 3. The Morgan fingerprint density at radius 1 is 1.23 bits per heavy atom. The van der Waals surface area contributed by atoms with E-state index >= 15 is 0 Å². The lowest BCUT2D eigenvalue weighted by Gasteiger charge is -2.07. The molecule has 2 aromatic heterocycles. The third kappa shape index (κ3) is 3.08. The molecule has 0 spiro atoms. The van der Waals surface area contributed by atoms with Crippen molar-refractivity contribution in [2.24, 2.45) is 0 Å². The average molecular weight is 401 g/mol. The normalized spacial score (nSPS) is 11.8. The molecule has 0 amide bonds. The van der Waals surface area contributed by atoms with Crippen molar-refractivity contribution in [2.75, 3.05) is 0 Å². The van der Waals surface area contributed by atoms with Crippen LogP contribution in [-0.4, -0.2) is 22.0 Å². The van der Waals surface area contributed by atoms with E-state index in [9.17, 15) is 22.8 Å². The Labute approximate surface area is 154 Å². The van der Waals surface area contributed by atoms with Crippen molar-refractivity contribution < 1.29 is 22.8 Å². The van der Waals surface area contributed by atoms with Crippen LogP contribution in [0.2, 0.25) is 10.2 Å². The van der Waals surface area contributed by atoms with Gasteiger partial charge in [0.15, 0.2) is 6.29 Å². The van der Waals surface area contributed by atoms with Gasteiger partial charge in [-0.05, 0) is 30.7 Å². The van der Waals surface area contributed by atoms with E-state index in [1.54, 1.807) is 0 Å². The lowest BCUT2D eigenvalue weighted by Crippen LogP contribution is -2.06. The van der Waals surface area contributed by atoms with Crippen LogP contribution in [-0.2, 0) is 6.18 Å². The van der Waals surface area contributed by atoms with Gasteiger partial charge in [0, 0.05) is 17.1 Å². The molecular weight excluding hydrogens is 392 g/mol. The lowest BCUT2D eigenvalue weighted by molar-refractivity contribution is -0.137. The topological polar surface area (TPSA) is 62.8 Å². The van der Waals surface area contributed by atoms with Gasteiger partial charge in [0.2, 0.25) is 5.78 Å². The smallest absolute Gasteiger partial charge is 0.352 e. The van der Waals surface area contributed by atoms with E-state index < -0.39 is 17.5 Å². The van der Waals surface area contributed by atoms with Crippen LogP contribution in [0.15, 0.2) is 24.4 Å². The van der Waals surface area contributed by atoms with E-state index in [1.807, 2.05) is 0 Å². The Morgan fingerprint density at radius 3 is 2.54 bits per heavy atom. The summed E-state index contributed by atoms with van der Waals surface area (Å²) in [4.78, 5) is 30.1. The van der Waals surface area contributed by atoms with Gasteiger partial charge < -0.3 is 4.98 Å². The molecule has 134 valence electrons. The van der Waals surface area contributed by atoms with Crippen LogP contribution in [0.25, 0.3) is 10.9 Å². The molecule has 0 saturated carbocycles. The van der Waals surface area contributed by atoms with Gasteiger partial charge in [-0.2, -0.15) is 13.2 Å². The molecule has 0 radical (unpaired) electrons. The van der Waals surface area contributed by atoms with Gasteiger partial charge in [-0.15, -0.1) is 0 Å². The number of nitrogens with zero attached hydrogens (tertiary/aromatic N) is 1. The summed E-state index contributed by atoms with van der Waals surface area (Å²) in [6, 6.07) is 3.33. The first-order valence-corrected chi connectivity index (χ1v) is 7.93. The first kappa shape index (κ1) is 18.4. The maximum absolute atomic E-state index is 13.0. The van der Waals surface area contributed by atoms with Gasteiger partial charge in [-0.1, -0.05) is 23.2 Å². The van der Waals surface area contributed by atoms with E-state index in [1.165, 1.54) is 13.0 Å². The molecule has 3 rings (SSSR count). The Kier molecular flexibility index (Phi) is 4.54. The first-order chi connectivity index (χ1) is 12.1. The number of alkyl halides is 3.